The second kappa shape index (κ2) is 8.73. The fourth-order valence-corrected chi connectivity index (χ4v) is 2.72. The van der Waals surface area contributed by atoms with E-state index in [4.69, 9.17) is 16.1 Å². The van der Waals surface area contributed by atoms with Gasteiger partial charge in [-0.05, 0) is 51.8 Å². The zero-order valence-corrected chi connectivity index (χ0v) is 15.4. The highest BCUT2D eigenvalue weighted by atomic mass is 35.5. The first-order valence-corrected chi connectivity index (χ1v) is 8.61. The highest BCUT2D eigenvalue weighted by molar-refractivity contribution is 6.30. The smallest absolute Gasteiger partial charge is 0.191 e. The monoisotopic (exact) mass is 348 g/mol. The van der Waals surface area contributed by atoms with Crippen LogP contribution in [0.1, 0.15) is 42.5 Å². The number of rotatable bonds is 6. The lowest BCUT2D eigenvalue weighted by atomic mass is 10.1. The molecule has 1 aromatic carbocycles. The quantitative estimate of drug-likeness (QED) is 0.615. The fraction of sp³-hybridized carbons (Fsp3) is 0.444. The van der Waals surface area contributed by atoms with Gasteiger partial charge in [-0.1, -0.05) is 28.9 Å². The lowest BCUT2D eigenvalue weighted by Gasteiger charge is -2.18. The van der Waals surface area contributed by atoms with Crippen LogP contribution in [-0.2, 0) is 6.42 Å². The van der Waals surface area contributed by atoms with Crippen molar-refractivity contribution in [1.29, 1.82) is 0 Å². The van der Waals surface area contributed by atoms with Crippen LogP contribution in [-0.4, -0.2) is 24.2 Å². The predicted octanol–water partition coefficient (Wildman–Crippen LogP) is 3.80. The number of benzene rings is 1. The maximum Gasteiger partial charge on any atom is 0.191 e. The van der Waals surface area contributed by atoms with E-state index in [1.54, 1.807) is 0 Å². The van der Waals surface area contributed by atoms with Crippen LogP contribution in [0.3, 0.4) is 0 Å². The molecule has 1 aromatic heterocycles. The average molecular weight is 349 g/mol. The summed E-state index contributed by atoms with van der Waals surface area (Å²) in [6, 6.07) is 7.96. The minimum atomic E-state index is 0.112. The van der Waals surface area contributed by atoms with Crippen molar-refractivity contribution in [3.05, 3.63) is 51.9 Å². The van der Waals surface area contributed by atoms with Crippen LogP contribution in [0.5, 0.6) is 0 Å². The van der Waals surface area contributed by atoms with Gasteiger partial charge in [-0.15, -0.1) is 0 Å². The Kier molecular flexibility index (Phi) is 6.67. The molecule has 1 unspecified atom stereocenters. The highest BCUT2D eigenvalue weighted by Crippen LogP contribution is 2.17. The molecule has 0 radical (unpaired) electrons. The molecule has 6 heteroatoms. The minimum Gasteiger partial charge on any atom is -0.361 e. The molecule has 0 aliphatic rings. The van der Waals surface area contributed by atoms with E-state index in [9.17, 15) is 0 Å². The van der Waals surface area contributed by atoms with Crippen molar-refractivity contribution in [1.82, 2.24) is 15.8 Å². The molecule has 0 saturated carbocycles. The highest BCUT2D eigenvalue weighted by Gasteiger charge is 2.10. The molecule has 1 heterocycles. The lowest BCUT2D eigenvalue weighted by molar-refractivity contribution is 0.392. The van der Waals surface area contributed by atoms with Crippen molar-refractivity contribution in [2.75, 3.05) is 13.1 Å². The maximum atomic E-state index is 6.07. The number of guanidine groups is 1. The molecule has 2 aromatic rings. The van der Waals surface area contributed by atoms with Crippen LogP contribution in [0.4, 0.5) is 0 Å². The van der Waals surface area contributed by atoms with E-state index in [0.717, 1.165) is 46.5 Å². The van der Waals surface area contributed by atoms with Gasteiger partial charge in [-0.2, -0.15) is 0 Å². The predicted molar refractivity (Wildman–Crippen MR) is 98.7 cm³/mol. The van der Waals surface area contributed by atoms with Crippen LogP contribution in [0, 0.1) is 13.8 Å². The van der Waals surface area contributed by atoms with E-state index in [1.807, 2.05) is 32.0 Å². The van der Waals surface area contributed by atoms with Gasteiger partial charge in [0.2, 0.25) is 0 Å². The fourth-order valence-electron chi connectivity index (χ4n) is 2.52. The molecular weight excluding hydrogens is 324 g/mol. The Labute approximate surface area is 148 Å². The Morgan fingerprint density at radius 2 is 2.17 bits per heavy atom. The largest absolute Gasteiger partial charge is 0.361 e. The Morgan fingerprint density at radius 1 is 1.38 bits per heavy atom. The molecule has 0 aliphatic heterocycles. The molecule has 5 nitrogen and oxygen atoms in total. The molecule has 0 aliphatic carbocycles. The van der Waals surface area contributed by atoms with Gasteiger partial charge in [0.25, 0.3) is 0 Å². The number of nitrogens with zero attached hydrogens (tertiary/aromatic N) is 2. The molecular formula is C18H25ClN4O. The summed E-state index contributed by atoms with van der Waals surface area (Å²) < 4.78 is 5.19. The molecule has 0 amide bonds. The summed E-state index contributed by atoms with van der Waals surface area (Å²) in [6.45, 7) is 9.51. The molecule has 0 fully saturated rings. The Hall–Kier alpha value is -2.01. The average Bonchev–Trinajstić information content (AvgIpc) is 2.86. The maximum absolute atomic E-state index is 6.07. The Morgan fingerprint density at radius 3 is 2.79 bits per heavy atom. The topological polar surface area (TPSA) is 62.5 Å². The summed E-state index contributed by atoms with van der Waals surface area (Å²) in [4.78, 5) is 4.65. The van der Waals surface area contributed by atoms with E-state index in [0.29, 0.717) is 6.54 Å². The van der Waals surface area contributed by atoms with Crippen molar-refractivity contribution in [3.8, 4) is 0 Å². The number of halogens is 1. The number of aliphatic imine (C=N–C) groups is 1. The van der Waals surface area contributed by atoms with Gasteiger partial charge in [-0.3, -0.25) is 4.99 Å². The standard InChI is InChI=1S/C18H25ClN4O/c1-5-20-18(21-10-9-17-13(3)23-24-14(17)4)22-12(2)15-7-6-8-16(19)11-15/h6-8,11-12H,5,9-10H2,1-4H3,(H2,20,21,22). The summed E-state index contributed by atoms with van der Waals surface area (Å²) in [7, 11) is 0. The van der Waals surface area contributed by atoms with Crippen molar-refractivity contribution in [2.45, 2.75) is 40.2 Å². The van der Waals surface area contributed by atoms with Gasteiger partial charge >= 0.3 is 0 Å². The third kappa shape index (κ3) is 4.99. The van der Waals surface area contributed by atoms with Gasteiger partial charge in [0.15, 0.2) is 5.96 Å². The summed E-state index contributed by atoms with van der Waals surface area (Å²) in [6.07, 6.45) is 0.809. The van der Waals surface area contributed by atoms with Gasteiger partial charge in [-0.25, -0.2) is 0 Å². The van der Waals surface area contributed by atoms with Crippen LogP contribution in [0.25, 0.3) is 0 Å². The Balaban J connectivity index is 2.00. The second-order valence-corrected chi connectivity index (χ2v) is 6.17. The van der Waals surface area contributed by atoms with E-state index < -0.39 is 0 Å². The summed E-state index contributed by atoms with van der Waals surface area (Å²) >= 11 is 6.07. The van der Waals surface area contributed by atoms with Crippen LogP contribution >= 0.6 is 11.6 Å². The first kappa shape index (κ1) is 18.3. The van der Waals surface area contributed by atoms with Crippen molar-refractivity contribution < 1.29 is 4.52 Å². The van der Waals surface area contributed by atoms with Crippen LogP contribution in [0.15, 0.2) is 33.8 Å². The van der Waals surface area contributed by atoms with E-state index in [2.05, 4.69) is 40.7 Å². The normalized spacial score (nSPS) is 13.0. The summed E-state index contributed by atoms with van der Waals surface area (Å²) in [5, 5.41) is 11.4. The van der Waals surface area contributed by atoms with Gasteiger partial charge in [0, 0.05) is 23.7 Å². The van der Waals surface area contributed by atoms with Crippen LogP contribution < -0.4 is 10.6 Å². The third-order valence-corrected chi connectivity index (χ3v) is 4.09. The molecule has 0 saturated heterocycles. The first-order valence-electron chi connectivity index (χ1n) is 8.23. The minimum absolute atomic E-state index is 0.112. The zero-order chi connectivity index (χ0) is 17.5. The van der Waals surface area contributed by atoms with Crippen molar-refractivity contribution in [2.24, 2.45) is 4.99 Å². The SMILES string of the molecule is CCNC(=NCCc1c(C)noc1C)NC(C)c1cccc(Cl)c1. The number of aryl methyl sites for hydroxylation is 2. The van der Waals surface area contributed by atoms with E-state index >= 15 is 0 Å². The lowest BCUT2D eigenvalue weighted by Crippen LogP contribution is -2.38. The van der Waals surface area contributed by atoms with E-state index in [-0.39, 0.29) is 6.04 Å². The summed E-state index contributed by atoms with van der Waals surface area (Å²) in [5.74, 6) is 1.66. The van der Waals surface area contributed by atoms with Gasteiger partial charge in [0.1, 0.15) is 5.76 Å². The molecule has 2 N–H and O–H groups in total. The summed E-state index contributed by atoms with van der Waals surface area (Å²) in [5.41, 5.74) is 3.20. The molecule has 2 rings (SSSR count). The molecule has 130 valence electrons. The van der Waals surface area contributed by atoms with Gasteiger partial charge in [0.05, 0.1) is 11.7 Å². The van der Waals surface area contributed by atoms with Crippen molar-refractivity contribution >= 4 is 17.6 Å². The van der Waals surface area contributed by atoms with E-state index in [1.165, 1.54) is 0 Å². The molecule has 0 spiro atoms. The number of hydrogen-bond acceptors (Lipinski definition) is 3. The Bertz CT molecular complexity index is 677. The van der Waals surface area contributed by atoms with Gasteiger partial charge < -0.3 is 15.2 Å². The molecule has 0 bridgehead atoms. The third-order valence-electron chi connectivity index (χ3n) is 3.86. The molecule has 24 heavy (non-hydrogen) atoms. The number of aromatic nitrogens is 1. The van der Waals surface area contributed by atoms with Crippen LogP contribution in [0.2, 0.25) is 5.02 Å². The number of hydrogen-bond donors (Lipinski definition) is 2. The number of nitrogens with one attached hydrogen (secondary N) is 2. The van der Waals surface area contributed by atoms with Crippen molar-refractivity contribution in [3.63, 3.8) is 0 Å². The molecule has 1 atom stereocenters. The zero-order valence-electron chi connectivity index (χ0n) is 14.7. The second-order valence-electron chi connectivity index (χ2n) is 5.73. The first-order chi connectivity index (χ1) is 11.5.